The van der Waals surface area contributed by atoms with Crippen molar-refractivity contribution in [1.82, 2.24) is 0 Å². The molecule has 0 bridgehead atoms. The van der Waals surface area contributed by atoms with E-state index in [-0.39, 0.29) is 27.5 Å². The van der Waals surface area contributed by atoms with E-state index in [0.717, 1.165) is 81.1 Å². The van der Waals surface area contributed by atoms with Crippen LogP contribution in [0.1, 0.15) is 110 Å². The van der Waals surface area contributed by atoms with Crippen molar-refractivity contribution >= 4 is 21.8 Å². The molecule has 0 unspecified atom stereocenters. The molecule has 0 saturated heterocycles. The second kappa shape index (κ2) is 25.6. The van der Waals surface area contributed by atoms with Gasteiger partial charge in [0.05, 0.1) is 65.6 Å². The van der Waals surface area contributed by atoms with Gasteiger partial charge in [0.2, 0.25) is 9.84 Å². The minimum absolute atomic E-state index is 0.0540. The maximum atomic E-state index is 13.2. The first kappa shape index (κ1) is 47.7. The predicted octanol–water partition coefficient (Wildman–Crippen LogP) is 11.5. The van der Waals surface area contributed by atoms with Crippen molar-refractivity contribution in [3.63, 3.8) is 0 Å². The van der Waals surface area contributed by atoms with Gasteiger partial charge in [-0.3, -0.25) is 0 Å². The summed E-state index contributed by atoms with van der Waals surface area (Å²) in [6.07, 6.45) is 10.9. The van der Waals surface area contributed by atoms with Crippen LogP contribution in [0.4, 0.5) is 0 Å². The van der Waals surface area contributed by atoms with E-state index in [9.17, 15) is 23.1 Å². The van der Waals surface area contributed by atoms with E-state index in [1.165, 1.54) is 24.6 Å². The van der Waals surface area contributed by atoms with Crippen LogP contribution in [0.15, 0.2) is 125 Å². The standard InChI is InChI=1S/C51H57NO10S/c1-2-3-4-9-30-59-45-22-26-48(27-23-45)63(56,57)49-28-24-46(25-29-49)60-32-11-7-8-13-34-62-51(55)43-35-42(50(53)54)36-47(37-43)61-33-12-6-5-10-31-58-44-20-18-41(19-21-44)40-16-14-39(38-52)15-17-40/h14-29,35-37H,2-13,30-34H2,1H3,(H,53,54). The maximum Gasteiger partial charge on any atom is 0.338 e. The fourth-order valence-corrected chi connectivity index (χ4v) is 7.88. The molecule has 0 radical (unpaired) electrons. The Hall–Kier alpha value is -6.32. The number of hydrogen-bond acceptors (Lipinski definition) is 10. The SMILES string of the molecule is CCCCCCOc1ccc(S(=O)(=O)c2ccc(OCCCCCCOC(=O)c3cc(OCCCCCCOc4ccc(-c5ccc(C#N)cc5)cc4)cc(C(=O)O)c3)cc2)cc1. The predicted molar refractivity (Wildman–Crippen MR) is 242 cm³/mol. The molecule has 0 spiro atoms. The van der Waals surface area contributed by atoms with Crippen LogP contribution < -0.4 is 18.9 Å². The molecule has 332 valence electrons. The number of sulfone groups is 1. The molecular weight excluding hydrogens is 819 g/mol. The highest BCUT2D eigenvalue weighted by Crippen LogP contribution is 2.26. The van der Waals surface area contributed by atoms with Gasteiger partial charge in [0, 0.05) is 0 Å². The van der Waals surface area contributed by atoms with Gasteiger partial charge >= 0.3 is 11.9 Å². The van der Waals surface area contributed by atoms with E-state index >= 15 is 0 Å². The zero-order chi connectivity index (χ0) is 44.7. The summed E-state index contributed by atoms with van der Waals surface area (Å²) in [5.74, 6) is 0.541. The molecule has 0 aliphatic heterocycles. The quantitative estimate of drug-likeness (QED) is 0.0376. The highest BCUT2D eigenvalue weighted by Gasteiger charge is 2.18. The first-order valence-corrected chi connectivity index (χ1v) is 23.3. The van der Waals surface area contributed by atoms with Crippen molar-refractivity contribution in [3.05, 3.63) is 132 Å². The van der Waals surface area contributed by atoms with Gasteiger partial charge in [-0.25, -0.2) is 18.0 Å². The highest BCUT2D eigenvalue weighted by atomic mass is 32.2. The molecule has 5 rings (SSSR count). The molecule has 12 heteroatoms. The summed E-state index contributed by atoms with van der Waals surface area (Å²) in [6, 6.07) is 34.6. The average Bonchev–Trinajstić information content (AvgIpc) is 3.31. The molecular formula is C51H57NO10S. The third kappa shape index (κ3) is 15.8. The Morgan fingerprint density at radius 1 is 0.508 bits per heavy atom. The molecule has 0 atom stereocenters. The monoisotopic (exact) mass is 875 g/mol. The number of nitrogens with zero attached hydrogens (tertiary/aromatic N) is 1. The lowest BCUT2D eigenvalue weighted by Crippen LogP contribution is -2.09. The Labute approximate surface area is 371 Å². The van der Waals surface area contributed by atoms with Crippen LogP contribution in [0.5, 0.6) is 23.0 Å². The molecule has 5 aromatic carbocycles. The number of esters is 1. The van der Waals surface area contributed by atoms with Crippen molar-refractivity contribution in [1.29, 1.82) is 5.26 Å². The van der Waals surface area contributed by atoms with Gasteiger partial charge in [-0.1, -0.05) is 50.5 Å². The Balaban J connectivity index is 0.924. The summed E-state index contributed by atoms with van der Waals surface area (Å²) < 4.78 is 55.1. The van der Waals surface area contributed by atoms with Gasteiger partial charge < -0.3 is 28.8 Å². The van der Waals surface area contributed by atoms with Gasteiger partial charge in [0.25, 0.3) is 0 Å². The van der Waals surface area contributed by atoms with Crippen molar-refractivity contribution in [2.24, 2.45) is 0 Å². The van der Waals surface area contributed by atoms with Crippen molar-refractivity contribution in [2.75, 3.05) is 33.0 Å². The fraction of sp³-hybridized carbons (Fsp3) is 0.353. The van der Waals surface area contributed by atoms with Crippen LogP contribution in [-0.4, -0.2) is 58.5 Å². The van der Waals surface area contributed by atoms with E-state index < -0.39 is 21.8 Å². The Kier molecular flexibility index (Phi) is 19.4. The van der Waals surface area contributed by atoms with Gasteiger partial charge in [-0.05, 0) is 160 Å². The molecule has 0 amide bonds. The van der Waals surface area contributed by atoms with E-state index in [2.05, 4.69) is 13.0 Å². The van der Waals surface area contributed by atoms with E-state index in [1.807, 2.05) is 36.4 Å². The van der Waals surface area contributed by atoms with Gasteiger partial charge in [0.1, 0.15) is 23.0 Å². The van der Waals surface area contributed by atoms with Crippen LogP contribution >= 0.6 is 0 Å². The lowest BCUT2D eigenvalue weighted by atomic mass is 10.0. The summed E-state index contributed by atoms with van der Waals surface area (Å²) in [5, 5.41) is 18.6. The first-order valence-electron chi connectivity index (χ1n) is 21.8. The van der Waals surface area contributed by atoms with Crippen LogP contribution in [-0.2, 0) is 14.6 Å². The number of aromatic carboxylic acids is 1. The number of carboxylic acid groups (broad SMARTS) is 1. The largest absolute Gasteiger partial charge is 0.494 e. The molecule has 11 nitrogen and oxygen atoms in total. The molecule has 63 heavy (non-hydrogen) atoms. The zero-order valence-corrected chi connectivity index (χ0v) is 36.8. The number of hydrogen-bond donors (Lipinski definition) is 1. The number of carbonyl (C=O) groups excluding carboxylic acids is 1. The number of carboxylic acids is 1. The number of benzene rings is 5. The van der Waals surface area contributed by atoms with E-state index in [4.69, 9.17) is 28.9 Å². The van der Waals surface area contributed by atoms with Crippen LogP contribution in [0.25, 0.3) is 11.1 Å². The number of unbranched alkanes of at least 4 members (excludes halogenated alkanes) is 9. The molecule has 0 aliphatic carbocycles. The molecule has 0 aliphatic rings. The number of ether oxygens (including phenoxy) is 5. The maximum absolute atomic E-state index is 13.2. The van der Waals surface area contributed by atoms with Gasteiger partial charge in [0.15, 0.2) is 0 Å². The molecule has 0 fully saturated rings. The Morgan fingerprint density at radius 2 is 0.905 bits per heavy atom. The van der Waals surface area contributed by atoms with Crippen molar-refractivity contribution in [2.45, 2.75) is 93.8 Å². The molecule has 0 heterocycles. The van der Waals surface area contributed by atoms with Crippen LogP contribution in [0.3, 0.4) is 0 Å². The first-order chi connectivity index (χ1) is 30.7. The molecule has 0 aromatic heterocycles. The lowest BCUT2D eigenvalue weighted by Gasteiger charge is -2.11. The van der Waals surface area contributed by atoms with Gasteiger partial charge in [-0.15, -0.1) is 0 Å². The summed E-state index contributed by atoms with van der Waals surface area (Å²) in [5.41, 5.74) is 2.78. The Morgan fingerprint density at radius 3 is 1.35 bits per heavy atom. The van der Waals surface area contributed by atoms with E-state index in [1.54, 1.807) is 60.7 Å². The summed E-state index contributed by atoms with van der Waals surface area (Å²) in [7, 11) is -3.68. The van der Waals surface area contributed by atoms with E-state index in [0.29, 0.717) is 55.7 Å². The minimum atomic E-state index is -3.68. The average molecular weight is 876 g/mol. The minimum Gasteiger partial charge on any atom is -0.494 e. The smallest absolute Gasteiger partial charge is 0.338 e. The van der Waals surface area contributed by atoms with Crippen LogP contribution in [0.2, 0.25) is 0 Å². The van der Waals surface area contributed by atoms with Crippen molar-refractivity contribution < 1.29 is 46.8 Å². The summed E-state index contributed by atoms with van der Waals surface area (Å²) in [6.45, 7) is 4.35. The lowest BCUT2D eigenvalue weighted by molar-refractivity contribution is 0.0496. The number of nitriles is 1. The zero-order valence-electron chi connectivity index (χ0n) is 36.0. The topological polar surface area (TPSA) is 158 Å². The third-order valence-corrected chi connectivity index (χ3v) is 12.0. The Bertz CT molecular complexity index is 2320. The second-order valence-electron chi connectivity index (χ2n) is 15.1. The van der Waals surface area contributed by atoms with Crippen molar-refractivity contribution in [3.8, 4) is 40.2 Å². The summed E-state index contributed by atoms with van der Waals surface area (Å²) >= 11 is 0. The highest BCUT2D eigenvalue weighted by molar-refractivity contribution is 7.91. The fourth-order valence-electron chi connectivity index (χ4n) is 6.62. The third-order valence-electron chi connectivity index (χ3n) is 10.2. The van der Waals surface area contributed by atoms with Crippen LogP contribution in [0, 0.1) is 11.3 Å². The summed E-state index contributed by atoms with van der Waals surface area (Å²) in [4.78, 5) is 25.0. The number of rotatable bonds is 28. The normalized spacial score (nSPS) is 11.0. The van der Waals surface area contributed by atoms with Gasteiger partial charge in [-0.2, -0.15) is 5.26 Å². The molecule has 0 saturated carbocycles. The molecule has 5 aromatic rings. The molecule has 1 N–H and O–H groups in total. The second-order valence-corrected chi connectivity index (χ2v) is 17.1. The number of carbonyl (C=O) groups is 2.